The quantitative estimate of drug-likeness (QED) is 0.213. The second-order valence-corrected chi connectivity index (χ2v) is 1.85. The number of azide groups is 1. The number of hydrogen-bond donors (Lipinski definition) is 3. The molecule has 0 aromatic rings. The second kappa shape index (κ2) is 4.08. The fraction of sp³-hybridized carbons (Fsp3) is 1.00. The van der Waals surface area contributed by atoms with Gasteiger partial charge in [0.25, 0.3) is 0 Å². The molecular weight excluding hydrogens is 138 g/mol. The lowest BCUT2D eigenvalue weighted by molar-refractivity contribution is -0.127. The topological polar surface area (TPSA) is 109 Å². The van der Waals surface area contributed by atoms with Crippen molar-refractivity contribution in [2.24, 2.45) is 5.11 Å². The molecule has 58 valence electrons. The number of rotatable bonds is 3. The first-order chi connectivity index (χ1) is 4.59. The molecule has 2 atom stereocenters. The van der Waals surface area contributed by atoms with Crippen molar-refractivity contribution < 1.29 is 15.3 Å². The van der Waals surface area contributed by atoms with Crippen molar-refractivity contribution >= 4 is 0 Å². The molecular formula is C4H9N3O3. The summed E-state index contributed by atoms with van der Waals surface area (Å²) in [4.78, 5) is 2.38. The Morgan fingerprint density at radius 2 is 1.90 bits per heavy atom. The van der Waals surface area contributed by atoms with Crippen LogP contribution in [0, 0.1) is 0 Å². The molecule has 0 spiro atoms. The average Bonchev–Trinajstić information content (AvgIpc) is 1.87. The third-order valence-corrected chi connectivity index (χ3v) is 1.03. The molecule has 0 radical (unpaired) electrons. The van der Waals surface area contributed by atoms with E-state index in [0.717, 1.165) is 0 Å². The Hall–Kier alpha value is -0.810. The molecule has 0 rings (SSSR count). The van der Waals surface area contributed by atoms with Gasteiger partial charge in [-0.1, -0.05) is 12.0 Å². The molecule has 0 aromatic heterocycles. The maximum Gasteiger partial charge on any atom is 0.178 e. The lowest BCUT2D eigenvalue weighted by Crippen LogP contribution is -2.33. The van der Waals surface area contributed by atoms with E-state index in [9.17, 15) is 0 Å². The Balaban J connectivity index is 3.93. The fourth-order valence-electron chi connectivity index (χ4n) is 0.399. The maximum absolute atomic E-state index is 8.76. The largest absolute Gasteiger partial charge is 0.387 e. The maximum atomic E-state index is 8.76. The van der Waals surface area contributed by atoms with E-state index in [1.54, 1.807) is 0 Å². The van der Waals surface area contributed by atoms with Crippen molar-refractivity contribution in [1.82, 2.24) is 0 Å². The highest BCUT2D eigenvalue weighted by molar-refractivity contribution is 4.71. The van der Waals surface area contributed by atoms with Crippen LogP contribution in [0.4, 0.5) is 0 Å². The van der Waals surface area contributed by atoms with Crippen molar-refractivity contribution in [2.45, 2.75) is 25.4 Å². The molecule has 0 amide bonds. The molecule has 0 bridgehead atoms. The van der Waals surface area contributed by atoms with Crippen LogP contribution < -0.4 is 0 Å². The van der Waals surface area contributed by atoms with Gasteiger partial charge in [-0.15, -0.1) is 0 Å². The Kier molecular flexibility index (Phi) is 3.75. The summed E-state index contributed by atoms with van der Waals surface area (Å²) in [7, 11) is 0. The van der Waals surface area contributed by atoms with E-state index in [4.69, 9.17) is 20.9 Å². The van der Waals surface area contributed by atoms with Crippen LogP contribution in [0.15, 0.2) is 5.11 Å². The van der Waals surface area contributed by atoms with Gasteiger partial charge in [-0.05, 0) is 5.53 Å². The molecule has 3 N–H and O–H groups in total. The third-order valence-electron chi connectivity index (χ3n) is 1.03. The molecule has 10 heavy (non-hydrogen) atoms. The first-order valence-corrected chi connectivity index (χ1v) is 2.68. The average molecular weight is 147 g/mol. The number of hydrogen-bond acceptors (Lipinski definition) is 4. The van der Waals surface area contributed by atoms with Crippen LogP contribution in [0.1, 0.15) is 6.92 Å². The van der Waals surface area contributed by atoms with Crippen LogP contribution in [0.2, 0.25) is 0 Å². The lowest BCUT2D eigenvalue weighted by Gasteiger charge is -2.14. The van der Waals surface area contributed by atoms with Crippen LogP contribution in [0.25, 0.3) is 10.4 Å². The van der Waals surface area contributed by atoms with Gasteiger partial charge in [0.05, 0.1) is 6.04 Å². The molecule has 2 unspecified atom stereocenters. The molecule has 0 aliphatic rings. The predicted molar refractivity (Wildman–Crippen MR) is 32.8 cm³/mol. The number of aliphatic hydroxyl groups excluding tert-OH is 2. The minimum absolute atomic E-state index is 0.829. The highest BCUT2D eigenvalue weighted by Gasteiger charge is 2.18. The van der Waals surface area contributed by atoms with Gasteiger partial charge < -0.3 is 15.3 Å². The standard InChI is InChI=1S/C4H9N3O3/c1-2(6-7-5)3(8)4(9)10/h2-4,8-10H,1H3. The minimum Gasteiger partial charge on any atom is -0.387 e. The van der Waals surface area contributed by atoms with E-state index < -0.39 is 18.4 Å². The predicted octanol–water partition coefficient (Wildman–Crippen LogP) is -0.643. The molecule has 6 nitrogen and oxygen atoms in total. The van der Waals surface area contributed by atoms with Gasteiger partial charge in [0.15, 0.2) is 6.29 Å². The van der Waals surface area contributed by atoms with E-state index >= 15 is 0 Å². The first kappa shape index (κ1) is 9.19. The summed E-state index contributed by atoms with van der Waals surface area (Å²) in [6, 6.07) is -0.829. The summed E-state index contributed by atoms with van der Waals surface area (Å²) in [6.07, 6.45) is -3.28. The number of aliphatic hydroxyl groups is 3. The lowest BCUT2D eigenvalue weighted by atomic mass is 10.2. The molecule has 0 heterocycles. The van der Waals surface area contributed by atoms with E-state index in [-0.39, 0.29) is 0 Å². The van der Waals surface area contributed by atoms with Gasteiger partial charge in [0.1, 0.15) is 6.10 Å². The highest BCUT2D eigenvalue weighted by Crippen LogP contribution is 2.00. The molecule has 0 saturated carbocycles. The van der Waals surface area contributed by atoms with Crippen molar-refractivity contribution in [3.8, 4) is 0 Å². The van der Waals surface area contributed by atoms with E-state index in [1.165, 1.54) is 6.92 Å². The van der Waals surface area contributed by atoms with Gasteiger partial charge >= 0.3 is 0 Å². The van der Waals surface area contributed by atoms with Crippen LogP contribution >= 0.6 is 0 Å². The Morgan fingerprint density at radius 1 is 1.40 bits per heavy atom. The third kappa shape index (κ3) is 2.65. The van der Waals surface area contributed by atoms with E-state index in [0.29, 0.717) is 0 Å². The van der Waals surface area contributed by atoms with Crippen molar-refractivity contribution in [3.63, 3.8) is 0 Å². The molecule has 0 aromatic carbocycles. The molecule has 6 heteroatoms. The summed E-state index contributed by atoms with van der Waals surface area (Å²) in [5.41, 5.74) is 7.85. The summed E-state index contributed by atoms with van der Waals surface area (Å²) in [6.45, 7) is 1.38. The summed E-state index contributed by atoms with van der Waals surface area (Å²) in [5.74, 6) is 0. The van der Waals surface area contributed by atoms with Crippen LogP contribution in [0.3, 0.4) is 0 Å². The molecule has 0 fully saturated rings. The normalized spacial score (nSPS) is 16.1. The Morgan fingerprint density at radius 3 is 2.20 bits per heavy atom. The van der Waals surface area contributed by atoms with Gasteiger partial charge in [0, 0.05) is 4.91 Å². The zero-order valence-electron chi connectivity index (χ0n) is 5.42. The highest BCUT2D eigenvalue weighted by atomic mass is 16.5. The zero-order valence-corrected chi connectivity index (χ0v) is 5.42. The summed E-state index contributed by atoms with van der Waals surface area (Å²) >= 11 is 0. The van der Waals surface area contributed by atoms with Gasteiger partial charge in [-0.3, -0.25) is 0 Å². The minimum atomic E-state index is -1.86. The Bertz CT molecular complexity index is 143. The Labute approximate surface area is 57.4 Å². The van der Waals surface area contributed by atoms with Crippen LogP contribution in [-0.4, -0.2) is 33.8 Å². The van der Waals surface area contributed by atoms with Crippen molar-refractivity contribution in [3.05, 3.63) is 10.4 Å². The monoisotopic (exact) mass is 147 g/mol. The second-order valence-electron chi connectivity index (χ2n) is 1.85. The van der Waals surface area contributed by atoms with E-state index in [1.807, 2.05) is 0 Å². The summed E-state index contributed by atoms with van der Waals surface area (Å²) < 4.78 is 0. The van der Waals surface area contributed by atoms with Crippen LogP contribution in [-0.2, 0) is 0 Å². The van der Waals surface area contributed by atoms with Gasteiger partial charge in [-0.25, -0.2) is 0 Å². The first-order valence-electron chi connectivity index (χ1n) is 2.68. The fourth-order valence-corrected chi connectivity index (χ4v) is 0.399. The zero-order chi connectivity index (χ0) is 8.15. The smallest absolute Gasteiger partial charge is 0.178 e. The van der Waals surface area contributed by atoms with Gasteiger partial charge in [-0.2, -0.15) is 0 Å². The summed E-state index contributed by atoms with van der Waals surface area (Å²) in [5, 5.41) is 28.5. The van der Waals surface area contributed by atoms with Crippen molar-refractivity contribution in [2.75, 3.05) is 0 Å². The molecule has 0 aliphatic carbocycles. The van der Waals surface area contributed by atoms with Crippen molar-refractivity contribution in [1.29, 1.82) is 0 Å². The SMILES string of the molecule is CC(N=[N+]=[N-])C(O)C(O)O. The molecule has 0 saturated heterocycles. The van der Waals surface area contributed by atoms with E-state index in [2.05, 4.69) is 10.0 Å². The van der Waals surface area contributed by atoms with Crippen LogP contribution in [0.5, 0.6) is 0 Å². The number of nitrogens with zero attached hydrogens (tertiary/aromatic N) is 3. The van der Waals surface area contributed by atoms with Gasteiger partial charge in [0.2, 0.25) is 0 Å². The molecule has 0 aliphatic heterocycles.